The molecule has 2 atom stereocenters. The lowest BCUT2D eigenvalue weighted by Gasteiger charge is -2.25. The van der Waals surface area contributed by atoms with Gasteiger partial charge in [-0.1, -0.05) is 43.3 Å². The molecule has 7 heteroatoms. The molecule has 1 aliphatic carbocycles. The molecule has 1 fully saturated rings. The van der Waals surface area contributed by atoms with Crippen LogP contribution in [0.2, 0.25) is 0 Å². The van der Waals surface area contributed by atoms with Crippen LogP contribution in [-0.2, 0) is 21.5 Å². The molecule has 2 heterocycles. The second-order valence-corrected chi connectivity index (χ2v) is 9.59. The van der Waals surface area contributed by atoms with Crippen molar-refractivity contribution in [3.05, 3.63) is 59.7 Å². The van der Waals surface area contributed by atoms with Crippen molar-refractivity contribution < 1.29 is 14.4 Å². The number of amides is 4. The van der Waals surface area contributed by atoms with Crippen molar-refractivity contribution in [2.45, 2.75) is 41.9 Å². The number of urea groups is 1. The number of fused-ring (bicyclic) bond motifs is 3. The van der Waals surface area contributed by atoms with Crippen molar-refractivity contribution in [3.8, 4) is 0 Å². The number of rotatable bonds is 2. The number of nitrogens with one attached hydrogen (secondary N) is 1. The number of thioether (sulfide) groups is 1. The van der Waals surface area contributed by atoms with Gasteiger partial charge < -0.3 is 10.2 Å². The van der Waals surface area contributed by atoms with E-state index in [0.717, 1.165) is 39.5 Å². The highest BCUT2D eigenvalue weighted by Gasteiger charge is 2.55. The molecule has 0 bridgehead atoms. The van der Waals surface area contributed by atoms with Crippen LogP contribution in [0.3, 0.4) is 0 Å². The molecule has 1 spiro atoms. The number of anilines is 1. The average Bonchev–Trinajstić information content (AvgIpc) is 3.15. The molecule has 30 heavy (non-hydrogen) atoms. The Bertz CT molecular complexity index is 1060. The first-order valence-electron chi connectivity index (χ1n) is 10.3. The zero-order valence-corrected chi connectivity index (χ0v) is 17.6. The number of hydrogen-bond donors (Lipinski definition) is 1. The maximum Gasteiger partial charge on any atom is 0.325 e. The number of nitrogens with zero attached hydrogens (tertiary/aromatic N) is 2. The normalized spacial score (nSPS) is 25.2. The molecule has 1 saturated heterocycles. The summed E-state index contributed by atoms with van der Waals surface area (Å²) in [5, 5.41) is 3.28. The van der Waals surface area contributed by atoms with Crippen LogP contribution in [0.4, 0.5) is 10.5 Å². The van der Waals surface area contributed by atoms with Crippen LogP contribution < -0.4 is 10.2 Å². The summed E-state index contributed by atoms with van der Waals surface area (Å²) in [6.45, 7) is 2.47. The van der Waals surface area contributed by atoms with Crippen molar-refractivity contribution in [3.63, 3.8) is 0 Å². The van der Waals surface area contributed by atoms with E-state index in [-0.39, 0.29) is 18.4 Å². The topological polar surface area (TPSA) is 69.7 Å². The molecule has 6 nitrogen and oxygen atoms in total. The van der Waals surface area contributed by atoms with Crippen LogP contribution in [0.25, 0.3) is 0 Å². The third-order valence-electron chi connectivity index (χ3n) is 6.26. The van der Waals surface area contributed by atoms with Crippen LogP contribution in [0.15, 0.2) is 53.4 Å². The summed E-state index contributed by atoms with van der Waals surface area (Å²) in [7, 11) is 0. The van der Waals surface area contributed by atoms with Gasteiger partial charge in [0, 0.05) is 16.7 Å². The summed E-state index contributed by atoms with van der Waals surface area (Å²) in [4.78, 5) is 43.2. The molecule has 0 radical (unpaired) electrons. The first-order valence-corrected chi connectivity index (χ1v) is 11.2. The third kappa shape index (κ3) is 2.91. The predicted molar refractivity (Wildman–Crippen MR) is 115 cm³/mol. The lowest BCUT2D eigenvalue weighted by atomic mass is 9.92. The van der Waals surface area contributed by atoms with Gasteiger partial charge in [0.2, 0.25) is 5.91 Å². The Labute approximate surface area is 179 Å². The van der Waals surface area contributed by atoms with Gasteiger partial charge >= 0.3 is 6.03 Å². The fourth-order valence-electron chi connectivity index (χ4n) is 4.70. The van der Waals surface area contributed by atoms with Gasteiger partial charge in [-0.3, -0.25) is 14.5 Å². The van der Waals surface area contributed by atoms with Crippen molar-refractivity contribution in [1.29, 1.82) is 0 Å². The van der Waals surface area contributed by atoms with Gasteiger partial charge in [0.25, 0.3) is 5.91 Å². The SMILES string of the molecule is C[C@H]1CCN(C(=O)CN2C(=O)N[C@@]3(CCc4ccccc43)C2=O)c2ccccc2S1. The Hall–Kier alpha value is -2.80. The molecular formula is C23H23N3O3S. The van der Waals surface area contributed by atoms with Gasteiger partial charge in [-0.15, -0.1) is 11.8 Å². The summed E-state index contributed by atoms with van der Waals surface area (Å²) in [6.07, 6.45) is 2.11. The van der Waals surface area contributed by atoms with Crippen molar-refractivity contribution in [2.75, 3.05) is 18.0 Å². The highest BCUT2D eigenvalue weighted by atomic mass is 32.2. The second-order valence-electron chi connectivity index (χ2n) is 8.11. The summed E-state index contributed by atoms with van der Waals surface area (Å²) in [6, 6.07) is 15.0. The van der Waals surface area contributed by atoms with E-state index in [0.29, 0.717) is 18.2 Å². The lowest BCUT2D eigenvalue weighted by Crippen LogP contribution is -2.45. The second kappa shape index (κ2) is 7.16. The van der Waals surface area contributed by atoms with Crippen molar-refractivity contribution in [1.82, 2.24) is 10.2 Å². The number of carbonyl (C=O) groups is 3. The van der Waals surface area contributed by atoms with E-state index in [9.17, 15) is 14.4 Å². The van der Waals surface area contributed by atoms with E-state index in [1.165, 1.54) is 0 Å². The van der Waals surface area contributed by atoms with Crippen LogP contribution >= 0.6 is 11.8 Å². The fraction of sp³-hybridized carbons (Fsp3) is 0.348. The Morgan fingerprint density at radius 3 is 2.80 bits per heavy atom. The first kappa shape index (κ1) is 19.2. The number of carbonyl (C=O) groups excluding carboxylic acids is 3. The zero-order valence-electron chi connectivity index (χ0n) is 16.8. The standard InChI is InChI=1S/C23H23N3O3S/c1-15-11-13-25(18-8-4-5-9-19(18)30-15)20(27)14-26-21(28)23(24-22(26)29)12-10-16-6-2-3-7-17(16)23/h2-9,15H,10-14H2,1H3,(H,24,29)/t15-,23+/m0/s1. The van der Waals surface area contributed by atoms with E-state index in [1.54, 1.807) is 16.7 Å². The predicted octanol–water partition coefficient (Wildman–Crippen LogP) is 3.30. The minimum absolute atomic E-state index is 0.232. The van der Waals surface area contributed by atoms with Gasteiger partial charge in [0.15, 0.2) is 0 Å². The van der Waals surface area contributed by atoms with Crippen LogP contribution in [-0.4, -0.2) is 41.1 Å². The molecule has 154 valence electrons. The number of para-hydroxylation sites is 1. The number of imide groups is 1. The monoisotopic (exact) mass is 421 g/mol. The molecule has 1 N–H and O–H groups in total. The maximum atomic E-state index is 13.4. The largest absolute Gasteiger partial charge is 0.325 e. The van der Waals surface area contributed by atoms with E-state index in [4.69, 9.17) is 0 Å². The van der Waals surface area contributed by atoms with Gasteiger partial charge in [-0.2, -0.15) is 0 Å². The van der Waals surface area contributed by atoms with Gasteiger partial charge in [-0.05, 0) is 42.5 Å². The molecule has 0 aromatic heterocycles. The molecule has 4 amide bonds. The molecule has 2 aliphatic heterocycles. The van der Waals surface area contributed by atoms with Crippen LogP contribution in [0.1, 0.15) is 30.9 Å². The molecule has 5 rings (SSSR count). The van der Waals surface area contributed by atoms with Crippen molar-refractivity contribution in [2.24, 2.45) is 0 Å². The first-order chi connectivity index (χ1) is 14.5. The summed E-state index contributed by atoms with van der Waals surface area (Å²) in [5.74, 6) is -0.555. The van der Waals surface area contributed by atoms with Gasteiger partial charge in [0.05, 0.1) is 5.69 Å². The smallest absolute Gasteiger partial charge is 0.319 e. The summed E-state index contributed by atoms with van der Waals surface area (Å²) in [5.41, 5.74) is 1.75. The highest BCUT2D eigenvalue weighted by molar-refractivity contribution is 8.00. The van der Waals surface area contributed by atoms with E-state index < -0.39 is 11.6 Å². The summed E-state index contributed by atoms with van der Waals surface area (Å²) < 4.78 is 0. The van der Waals surface area contributed by atoms with Crippen LogP contribution in [0, 0.1) is 0 Å². The minimum Gasteiger partial charge on any atom is -0.319 e. The Balaban J connectivity index is 1.41. The number of hydrogen-bond acceptors (Lipinski definition) is 4. The zero-order chi connectivity index (χ0) is 20.9. The molecule has 0 unspecified atom stereocenters. The fourth-order valence-corrected chi connectivity index (χ4v) is 5.81. The molecular weight excluding hydrogens is 398 g/mol. The molecule has 3 aliphatic rings. The number of benzene rings is 2. The van der Waals surface area contributed by atoms with E-state index in [2.05, 4.69) is 12.2 Å². The third-order valence-corrected chi connectivity index (χ3v) is 7.50. The van der Waals surface area contributed by atoms with Crippen LogP contribution in [0.5, 0.6) is 0 Å². The summed E-state index contributed by atoms with van der Waals surface area (Å²) >= 11 is 1.75. The quantitative estimate of drug-likeness (QED) is 0.756. The number of aryl methyl sites for hydroxylation is 1. The minimum atomic E-state index is -1.03. The van der Waals surface area contributed by atoms with E-state index in [1.807, 2.05) is 48.5 Å². The lowest BCUT2D eigenvalue weighted by molar-refractivity contribution is -0.134. The van der Waals surface area contributed by atoms with Gasteiger partial charge in [0.1, 0.15) is 12.1 Å². The van der Waals surface area contributed by atoms with Gasteiger partial charge in [-0.25, -0.2) is 4.79 Å². The van der Waals surface area contributed by atoms with Crippen molar-refractivity contribution >= 4 is 35.3 Å². The average molecular weight is 422 g/mol. The highest BCUT2D eigenvalue weighted by Crippen LogP contribution is 2.41. The Kier molecular flexibility index (Phi) is 4.58. The maximum absolute atomic E-state index is 13.4. The molecule has 0 saturated carbocycles. The Morgan fingerprint density at radius 2 is 1.93 bits per heavy atom. The molecule has 2 aromatic carbocycles. The van der Waals surface area contributed by atoms with E-state index >= 15 is 0 Å². The molecule has 2 aromatic rings. The Morgan fingerprint density at radius 1 is 1.17 bits per heavy atom.